The number of halogens is 1. The van der Waals surface area contributed by atoms with Crippen LogP contribution in [0.4, 0.5) is 0 Å². The van der Waals surface area contributed by atoms with E-state index in [0.717, 1.165) is 15.7 Å². The number of carbonyl (C=O) groups is 1. The van der Waals surface area contributed by atoms with Gasteiger partial charge in [-0.15, -0.1) is 0 Å². The highest BCUT2D eigenvalue weighted by Gasteiger charge is 2.05. The van der Waals surface area contributed by atoms with Crippen molar-refractivity contribution in [2.45, 2.75) is 6.92 Å². The highest BCUT2D eigenvalue weighted by atomic mass is 79.9. The zero-order chi connectivity index (χ0) is 16.7. The summed E-state index contributed by atoms with van der Waals surface area (Å²) in [6.07, 6.45) is 3.05. The van der Waals surface area contributed by atoms with Crippen molar-refractivity contribution in [3.05, 3.63) is 64.4 Å². The molecule has 0 saturated carbocycles. The number of rotatable bonds is 3. The molecule has 1 amide bonds. The summed E-state index contributed by atoms with van der Waals surface area (Å²) in [5, 5.41) is 4.34. The second-order valence-electron chi connectivity index (χ2n) is 4.47. The molecule has 1 aromatic carbocycles. The highest BCUT2D eigenvalue weighted by molar-refractivity contribution is 9.10. The van der Waals surface area contributed by atoms with E-state index in [1.54, 1.807) is 18.3 Å². The molecule has 0 spiro atoms. The molecule has 0 aliphatic heterocycles. The number of aromatic nitrogens is 1. The maximum atomic E-state index is 11.8. The molecule has 23 heavy (non-hydrogen) atoms. The summed E-state index contributed by atoms with van der Waals surface area (Å²) < 4.78 is 0.998. The van der Waals surface area contributed by atoms with E-state index in [2.05, 4.69) is 42.3 Å². The monoisotopic (exact) mass is 391 g/mol. The summed E-state index contributed by atoms with van der Waals surface area (Å²) in [4.78, 5) is 15.7. The summed E-state index contributed by atoms with van der Waals surface area (Å²) in [7, 11) is 0. The number of hydrazone groups is 1. The molecular weight excluding hydrogens is 378 g/mol. The van der Waals surface area contributed by atoms with Crippen LogP contribution in [0.2, 0.25) is 0 Å². The van der Waals surface area contributed by atoms with E-state index in [1.165, 1.54) is 6.20 Å². The van der Waals surface area contributed by atoms with Gasteiger partial charge in [0, 0.05) is 16.9 Å². The molecule has 118 valence electrons. The third-order valence-corrected chi connectivity index (χ3v) is 3.52. The lowest BCUT2D eigenvalue weighted by molar-refractivity contribution is 0.0943. The van der Waals surface area contributed by atoms with E-state index in [0.29, 0.717) is 5.56 Å². The fourth-order valence-corrected chi connectivity index (χ4v) is 1.96. The summed E-state index contributed by atoms with van der Waals surface area (Å²) in [6, 6.07) is 11.1. The number of hydrogen-bond donors (Lipinski definition) is 3. The van der Waals surface area contributed by atoms with Crippen molar-refractivity contribution in [2.75, 3.05) is 0 Å². The highest BCUT2D eigenvalue weighted by Crippen LogP contribution is 2.10. The molecule has 0 saturated heterocycles. The van der Waals surface area contributed by atoms with Crippen LogP contribution >= 0.6 is 28.1 Å². The quantitative estimate of drug-likeness (QED) is 0.425. The van der Waals surface area contributed by atoms with Crippen LogP contribution in [-0.4, -0.2) is 21.7 Å². The Balaban J connectivity index is 1.84. The Morgan fingerprint density at radius 1 is 1.17 bits per heavy atom. The van der Waals surface area contributed by atoms with E-state index >= 15 is 0 Å². The van der Waals surface area contributed by atoms with Gasteiger partial charge in [-0.25, -0.2) is 0 Å². The Bertz CT molecular complexity index is 718. The van der Waals surface area contributed by atoms with Crippen LogP contribution in [0.25, 0.3) is 0 Å². The second kappa shape index (κ2) is 8.35. The van der Waals surface area contributed by atoms with Crippen molar-refractivity contribution >= 4 is 44.9 Å². The van der Waals surface area contributed by atoms with Crippen LogP contribution in [0.1, 0.15) is 22.8 Å². The van der Waals surface area contributed by atoms with Crippen LogP contribution in [-0.2, 0) is 0 Å². The fraction of sp³-hybridized carbons (Fsp3) is 0.0667. The van der Waals surface area contributed by atoms with Crippen LogP contribution in [0.5, 0.6) is 0 Å². The second-order valence-corrected chi connectivity index (χ2v) is 5.79. The molecule has 0 bridgehead atoms. The van der Waals surface area contributed by atoms with Gasteiger partial charge in [-0.1, -0.05) is 28.1 Å². The average Bonchev–Trinajstić information content (AvgIpc) is 2.59. The van der Waals surface area contributed by atoms with Crippen LogP contribution in [0, 0.1) is 0 Å². The van der Waals surface area contributed by atoms with Crippen molar-refractivity contribution in [1.82, 2.24) is 21.3 Å². The first-order valence-corrected chi connectivity index (χ1v) is 7.83. The number of nitrogens with one attached hydrogen (secondary N) is 3. The number of pyridine rings is 1. The van der Waals surface area contributed by atoms with Gasteiger partial charge in [0.05, 0.1) is 11.3 Å². The van der Waals surface area contributed by atoms with Crippen LogP contribution in [0.3, 0.4) is 0 Å². The van der Waals surface area contributed by atoms with E-state index in [9.17, 15) is 4.79 Å². The van der Waals surface area contributed by atoms with Gasteiger partial charge >= 0.3 is 0 Å². The van der Waals surface area contributed by atoms with Gasteiger partial charge in [-0.3, -0.25) is 26.1 Å². The summed E-state index contributed by atoms with van der Waals surface area (Å²) in [5.41, 5.74) is 9.86. The number of thiocarbonyl (C=S) groups is 1. The van der Waals surface area contributed by atoms with Crippen molar-refractivity contribution in [2.24, 2.45) is 5.10 Å². The SMILES string of the molecule is C/C(=N\NC(=S)NNC(=O)c1cccnc1)c1ccc(Br)cc1. The smallest absolute Gasteiger partial charge is 0.271 e. The number of benzene rings is 1. The zero-order valence-corrected chi connectivity index (χ0v) is 14.6. The first-order chi connectivity index (χ1) is 11.1. The van der Waals surface area contributed by atoms with Crippen molar-refractivity contribution in [1.29, 1.82) is 0 Å². The molecule has 0 unspecified atom stereocenters. The maximum absolute atomic E-state index is 11.8. The first-order valence-electron chi connectivity index (χ1n) is 6.63. The molecule has 0 aliphatic carbocycles. The third-order valence-electron chi connectivity index (χ3n) is 2.80. The van der Waals surface area contributed by atoms with E-state index in [-0.39, 0.29) is 11.0 Å². The minimum Gasteiger partial charge on any atom is -0.273 e. The summed E-state index contributed by atoms with van der Waals surface area (Å²) >= 11 is 8.42. The lowest BCUT2D eigenvalue weighted by Crippen LogP contribution is -2.45. The first kappa shape index (κ1) is 17.0. The molecule has 0 atom stereocenters. The van der Waals surface area contributed by atoms with E-state index in [4.69, 9.17) is 12.2 Å². The predicted octanol–water partition coefficient (Wildman–Crippen LogP) is 2.38. The molecule has 8 heteroatoms. The molecule has 1 aromatic heterocycles. The van der Waals surface area contributed by atoms with E-state index in [1.807, 2.05) is 31.2 Å². The Hall–Kier alpha value is -2.32. The number of amides is 1. The topological polar surface area (TPSA) is 78.4 Å². The fourth-order valence-electron chi connectivity index (χ4n) is 1.60. The van der Waals surface area contributed by atoms with Gasteiger partial charge in [0.15, 0.2) is 0 Å². The Kier molecular flexibility index (Phi) is 6.19. The van der Waals surface area contributed by atoms with Gasteiger partial charge in [-0.2, -0.15) is 5.10 Å². The predicted molar refractivity (Wildman–Crippen MR) is 96.9 cm³/mol. The van der Waals surface area contributed by atoms with Crippen LogP contribution < -0.4 is 16.3 Å². The minimum absolute atomic E-state index is 0.179. The van der Waals surface area contributed by atoms with Crippen molar-refractivity contribution in [3.63, 3.8) is 0 Å². The number of carbonyl (C=O) groups excluding carboxylic acids is 1. The molecule has 1 heterocycles. The average molecular weight is 392 g/mol. The van der Waals surface area contributed by atoms with E-state index < -0.39 is 0 Å². The molecule has 6 nitrogen and oxygen atoms in total. The number of hydrazine groups is 1. The lowest BCUT2D eigenvalue weighted by atomic mass is 10.1. The number of hydrogen-bond acceptors (Lipinski definition) is 4. The Morgan fingerprint density at radius 3 is 2.57 bits per heavy atom. The summed E-state index contributed by atoms with van der Waals surface area (Å²) in [6.45, 7) is 1.85. The lowest BCUT2D eigenvalue weighted by Gasteiger charge is -2.09. The molecule has 2 aromatic rings. The van der Waals surface area contributed by atoms with Gasteiger partial charge in [0.25, 0.3) is 5.91 Å². The Morgan fingerprint density at radius 2 is 1.91 bits per heavy atom. The maximum Gasteiger partial charge on any atom is 0.271 e. The summed E-state index contributed by atoms with van der Waals surface area (Å²) in [5.74, 6) is -0.337. The van der Waals surface area contributed by atoms with Gasteiger partial charge in [-0.05, 0) is 49.0 Å². The molecule has 3 N–H and O–H groups in total. The third kappa shape index (κ3) is 5.42. The molecule has 2 rings (SSSR count). The minimum atomic E-state index is -0.337. The Labute approximate surface area is 147 Å². The van der Waals surface area contributed by atoms with Gasteiger partial charge < -0.3 is 0 Å². The standard InChI is InChI=1S/C15H14BrN5OS/c1-10(11-4-6-13(16)7-5-11)18-20-15(23)21-19-14(22)12-3-2-8-17-9-12/h2-9H,1H3,(H,19,22)(H2,20,21,23)/b18-10+. The van der Waals surface area contributed by atoms with Crippen molar-refractivity contribution in [3.8, 4) is 0 Å². The van der Waals surface area contributed by atoms with Gasteiger partial charge in [0.2, 0.25) is 5.11 Å². The molecule has 0 aliphatic rings. The molecular formula is C15H14BrN5OS. The molecule has 0 radical (unpaired) electrons. The largest absolute Gasteiger partial charge is 0.273 e. The molecule has 0 fully saturated rings. The van der Waals surface area contributed by atoms with Gasteiger partial charge in [0.1, 0.15) is 0 Å². The normalized spacial score (nSPS) is 10.8. The number of nitrogens with zero attached hydrogens (tertiary/aromatic N) is 2. The van der Waals surface area contributed by atoms with Crippen LogP contribution in [0.15, 0.2) is 58.4 Å². The zero-order valence-electron chi connectivity index (χ0n) is 12.2. The van der Waals surface area contributed by atoms with Crippen molar-refractivity contribution < 1.29 is 4.79 Å².